The van der Waals surface area contributed by atoms with Crippen molar-refractivity contribution in [2.45, 2.75) is 45.6 Å². The summed E-state index contributed by atoms with van der Waals surface area (Å²) in [6.45, 7) is 4.29. The van der Waals surface area contributed by atoms with Crippen LogP contribution in [-0.2, 0) is 0 Å². The summed E-state index contributed by atoms with van der Waals surface area (Å²) in [6.07, 6.45) is 3.46. The second kappa shape index (κ2) is 7.65. The Kier molecular flexibility index (Phi) is 5.33. The van der Waals surface area contributed by atoms with Gasteiger partial charge in [0.2, 0.25) is 0 Å². The van der Waals surface area contributed by atoms with Crippen molar-refractivity contribution in [3.05, 3.63) is 35.9 Å². The molecule has 1 heterocycles. The third-order valence-corrected chi connectivity index (χ3v) is 4.56. The van der Waals surface area contributed by atoms with Gasteiger partial charge >= 0.3 is 6.03 Å². The van der Waals surface area contributed by atoms with E-state index in [1.165, 1.54) is 0 Å². The van der Waals surface area contributed by atoms with Gasteiger partial charge in [0.05, 0.1) is 17.5 Å². The Hall–Kier alpha value is -2.41. The molecule has 25 heavy (non-hydrogen) atoms. The number of aryl methyl sites for hydroxylation is 2. The first-order chi connectivity index (χ1) is 12.0. The molecule has 1 aliphatic carbocycles. The number of anilines is 1. The Morgan fingerprint density at radius 1 is 1.32 bits per heavy atom. The maximum absolute atomic E-state index is 12.3. The molecule has 1 aromatic heterocycles. The summed E-state index contributed by atoms with van der Waals surface area (Å²) in [7, 11) is 0. The average molecular weight is 343 g/mol. The standard InChI is InChI=1S/C18H25N5O2/c1-12-20-13(2)23(22-12)17-9-4-3-8-16(17)21-18(25)19-11-14-6-5-7-15(24)10-14/h3-4,8-9,14-15,24H,5-7,10-11H2,1-2H3,(H2,19,21,25)/t14-,15+/m0/s1. The van der Waals surface area contributed by atoms with Gasteiger partial charge in [-0.1, -0.05) is 18.6 Å². The first-order valence-electron chi connectivity index (χ1n) is 8.75. The van der Waals surface area contributed by atoms with Crippen molar-refractivity contribution < 1.29 is 9.90 Å². The molecule has 7 nitrogen and oxygen atoms in total. The van der Waals surface area contributed by atoms with Crippen LogP contribution in [0.25, 0.3) is 5.69 Å². The number of aliphatic hydroxyl groups is 1. The Balaban J connectivity index is 1.65. The van der Waals surface area contributed by atoms with E-state index in [2.05, 4.69) is 20.7 Å². The van der Waals surface area contributed by atoms with E-state index in [0.29, 0.717) is 24.0 Å². The fourth-order valence-corrected chi connectivity index (χ4v) is 3.36. The first kappa shape index (κ1) is 17.4. The zero-order chi connectivity index (χ0) is 17.8. The number of carbonyl (C=O) groups is 1. The van der Waals surface area contributed by atoms with Gasteiger partial charge in [-0.15, -0.1) is 0 Å². The number of hydrogen-bond donors (Lipinski definition) is 3. The molecule has 3 rings (SSSR count). The summed E-state index contributed by atoms with van der Waals surface area (Å²) in [6, 6.07) is 7.26. The summed E-state index contributed by atoms with van der Waals surface area (Å²) in [4.78, 5) is 16.6. The second-order valence-electron chi connectivity index (χ2n) is 6.66. The van der Waals surface area contributed by atoms with E-state index in [4.69, 9.17) is 0 Å². The zero-order valence-corrected chi connectivity index (χ0v) is 14.7. The van der Waals surface area contributed by atoms with Crippen molar-refractivity contribution in [2.75, 3.05) is 11.9 Å². The number of amides is 2. The summed E-state index contributed by atoms with van der Waals surface area (Å²) in [5, 5.41) is 19.9. The molecule has 1 aliphatic rings. The van der Waals surface area contributed by atoms with Crippen LogP contribution in [0.1, 0.15) is 37.3 Å². The van der Waals surface area contributed by atoms with Crippen molar-refractivity contribution in [3.8, 4) is 5.69 Å². The van der Waals surface area contributed by atoms with Crippen LogP contribution in [0.3, 0.4) is 0 Å². The highest BCUT2D eigenvalue weighted by Crippen LogP contribution is 2.24. The van der Waals surface area contributed by atoms with Crippen molar-refractivity contribution in [2.24, 2.45) is 5.92 Å². The molecule has 2 aromatic rings. The Morgan fingerprint density at radius 2 is 2.12 bits per heavy atom. The van der Waals surface area contributed by atoms with Crippen LogP contribution in [0.5, 0.6) is 0 Å². The number of aromatic nitrogens is 3. The molecular weight excluding hydrogens is 318 g/mol. The molecule has 134 valence electrons. The lowest BCUT2D eigenvalue weighted by molar-refractivity contribution is 0.101. The fraction of sp³-hybridized carbons (Fsp3) is 0.500. The van der Waals surface area contributed by atoms with Crippen LogP contribution in [0.15, 0.2) is 24.3 Å². The topological polar surface area (TPSA) is 92.1 Å². The van der Waals surface area contributed by atoms with E-state index in [-0.39, 0.29) is 12.1 Å². The number of hydrogen-bond acceptors (Lipinski definition) is 4. The number of rotatable bonds is 4. The van der Waals surface area contributed by atoms with Crippen molar-refractivity contribution in [3.63, 3.8) is 0 Å². The van der Waals surface area contributed by atoms with Gasteiger partial charge < -0.3 is 15.7 Å². The predicted molar refractivity (Wildman–Crippen MR) is 95.8 cm³/mol. The molecule has 1 saturated carbocycles. The number of benzene rings is 1. The van der Waals surface area contributed by atoms with Gasteiger partial charge in [-0.05, 0) is 51.2 Å². The molecule has 7 heteroatoms. The van der Waals surface area contributed by atoms with Gasteiger partial charge in [0, 0.05) is 6.54 Å². The highest BCUT2D eigenvalue weighted by atomic mass is 16.3. The number of carbonyl (C=O) groups excluding carboxylic acids is 1. The van der Waals surface area contributed by atoms with Crippen LogP contribution in [-0.4, -0.2) is 38.6 Å². The lowest BCUT2D eigenvalue weighted by atomic mass is 9.87. The minimum absolute atomic E-state index is 0.233. The molecule has 0 bridgehead atoms. The normalized spacial score (nSPS) is 20.3. The maximum atomic E-state index is 12.3. The Labute approximate surface area is 147 Å². The minimum atomic E-state index is -0.248. The summed E-state index contributed by atoms with van der Waals surface area (Å²) in [5.74, 6) is 1.79. The van der Waals surface area contributed by atoms with Crippen LogP contribution >= 0.6 is 0 Å². The molecule has 1 fully saturated rings. The largest absolute Gasteiger partial charge is 0.393 e. The molecular formula is C18H25N5O2. The van der Waals surface area contributed by atoms with Crippen molar-refractivity contribution >= 4 is 11.7 Å². The fourth-order valence-electron chi connectivity index (χ4n) is 3.36. The summed E-state index contributed by atoms with van der Waals surface area (Å²) < 4.78 is 1.72. The van der Waals surface area contributed by atoms with E-state index < -0.39 is 0 Å². The van der Waals surface area contributed by atoms with E-state index in [9.17, 15) is 9.90 Å². The number of aliphatic hydroxyl groups excluding tert-OH is 1. The number of urea groups is 1. The van der Waals surface area contributed by atoms with Gasteiger partial charge in [-0.2, -0.15) is 5.10 Å². The predicted octanol–water partition coefficient (Wildman–Crippen LogP) is 2.56. The molecule has 0 saturated heterocycles. The molecule has 0 aliphatic heterocycles. The van der Waals surface area contributed by atoms with Crippen LogP contribution in [0.4, 0.5) is 10.5 Å². The molecule has 0 radical (unpaired) electrons. The molecule has 1 aromatic carbocycles. The van der Waals surface area contributed by atoms with Gasteiger partial charge in [-0.3, -0.25) is 0 Å². The first-order valence-corrected chi connectivity index (χ1v) is 8.75. The Morgan fingerprint density at radius 3 is 2.84 bits per heavy atom. The minimum Gasteiger partial charge on any atom is -0.393 e. The number of nitrogens with one attached hydrogen (secondary N) is 2. The number of para-hydroxylation sites is 2. The summed E-state index contributed by atoms with van der Waals surface area (Å²) >= 11 is 0. The third-order valence-electron chi connectivity index (χ3n) is 4.56. The smallest absolute Gasteiger partial charge is 0.319 e. The molecule has 3 N–H and O–H groups in total. The van der Waals surface area contributed by atoms with Crippen molar-refractivity contribution in [1.82, 2.24) is 20.1 Å². The number of nitrogens with zero attached hydrogens (tertiary/aromatic N) is 3. The van der Waals surface area contributed by atoms with E-state index in [0.717, 1.165) is 37.2 Å². The van der Waals surface area contributed by atoms with Crippen molar-refractivity contribution in [1.29, 1.82) is 0 Å². The van der Waals surface area contributed by atoms with E-state index in [1.807, 2.05) is 38.1 Å². The van der Waals surface area contributed by atoms with Crippen LogP contribution in [0.2, 0.25) is 0 Å². The SMILES string of the molecule is Cc1nc(C)n(-c2ccccc2NC(=O)NC[C@H]2CCC[C@@H](O)C2)n1. The van der Waals surface area contributed by atoms with E-state index >= 15 is 0 Å². The quantitative estimate of drug-likeness (QED) is 0.795. The third kappa shape index (κ3) is 4.36. The van der Waals surface area contributed by atoms with E-state index in [1.54, 1.807) is 4.68 Å². The average Bonchev–Trinajstić information content (AvgIpc) is 2.92. The van der Waals surface area contributed by atoms with Gasteiger partial charge in [0.25, 0.3) is 0 Å². The van der Waals surface area contributed by atoms with Gasteiger partial charge in [0.1, 0.15) is 11.6 Å². The lowest BCUT2D eigenvalue weighted by Gasteiger charge is -2.26. The summed E-state index contributed by atoms with van der Waals surface area (Å²) in [5.41, 5.74) is 1.46. The van der Waals surface area contributed by atoms with Gasteiger partial charge in [0.15, 0.2) is 0 Å². The monoisotopic (exact) mass is 343 g/mol. The van der Waals surface area contributed by atoms with Crippen LogP contribution in [0, 0.1) is 19.8 Å². The molecule has 2 atom stereocenters. The maximum Gasteiger partial charge on any atom is 0.319 e. The highest BCUT2D eigenvalue weighted by molar-refractivity contribution is 5.91. The van der Waals surface area contributed by atoms with Crippen LogP contribution < -0.4 is 10.6 Å². The molecule has 2 amide bonds. The zero-order valence-electron chi connectivity index (χ0n) is 14.7. The second-order valence-corrected chi connectivity index (χ2v) is 6.66. The lowest BCUT2D eigenvalue weighted by Crippen LogP contribution is -2.35. The van der Waals surface area contributed by atoms with Gasteiger partial charge in [-0.25, -0.2) is 14.5 Å². The molecule has 0 unspecified atom stereocenters. The molecule has 0 spiro atoms. The Bertz CT molecular complexity index is 743. The highest BCUT2D eigenvalue weighted by Gasteiger charge is 2.20.